The van der Waals surface area contributed by atoms with E-state index in [0.717, 1.165) is 12.2 Å². The number of carbonyl (C=O) groups is 1. The molecule has 1 aliphatic carbocycles. The number of hydrogen-bond donors (Lipinski definition) is 0. The molecule has 0 saturated heterocycles. The number of anilines is 1. The lowest BCUT2D eigenvalue weighted by atomic mass is 10.0. The molecule has 3 rings (SSSR count). The average Bonchev–Trinajstić information content (AvgIpc) is 3.01. The van der Waals surface area contributed by atoms with Crippen LogP contribution in [0.4, 0.5) is 5.69 Å². The van der Waals surface area contributed by atoms with Crippen molar-refractivity contribution in [3.8, 4) is 0 Å². The zero-order chi connectivity index (χ0) is 14.7. The summed E-state index contributed by atoms with van der Waals surface area (Å²) in [5, 5.41) is 2.36. The summed E-state index contributed by atoms with van der Waals surface area (Å²) in [7, 11) is 0. The zero-order valence-corrected chi connectivity index (χ0v) is 12.7. The first-order valence-electron chi connectivity index (χ1n) is 8.07. The molecule has 0 heterocycles. The summed E-state index contributed by atoms with van der Waals surface area (Å²) in [6, 6.07) is 14.5. The molecule has 2 heteroatoms. The van der Waals surface area contributed by atoms with E-state index in [4.69, 9.17) is 0 Å². The van der Waals surface area contributed by atoms with Crippen LogP contribution in [0.25, 0.3) is 10.8 Å². The first-order chi connectivity index (χ1) is 10.3. The topological polar surface area (TPSA) is 20.3 Å². The van der Waals surface area contributed by atoms with Crippen molar-refractivity contribution >= 4 is 22.4 Å². The van der Waals surface area contributed by atoms with Crippen molar-refractivity contribution in [1.29, 1.82) is 0 Å². The third-order valence-electron chi connectivity index (χ3n) is 4.61. The largest absolute Gasteiger partial charge is 0.312 e. The smallest absolute Gasteiger partial charge is 0.227 e. The van der Waals surface area contributed by atoms with Gasteiger partial charge in [0.1, 0.15) is 0 Å². The van der Waals surface area contributed by atoms with Crippen LogP contribution in [-0.2, 0) is 4.79 Å². The Morgan fingerprint density at radius 2 is 1.81 bits per heavy atom. The fourth-order valence-corrected chi connectivity index (χ4v) is 3.50. The van der Waals surface area contributed by atoms with Gasteiger partial charge in [-0.25, -0.2) is 0 Å². The molecular formula is C19H23NO. The highest BCUT2D eigenvalue weighted by Gasteiger charge is 2.22. The lowest BCUT2D eigenvalue weighted by molar-refractivity contribution is -0.119. The molecule has 1 saturated carbocycles. The minimum absolute atomic E-state index is 0.278. The molecule has 0 aliphatic heterocycles. The Balaban J connectivity index is 1.88. The maximum atomic E-state index is 12.7. The molecule has 0 N–H and O–H groups in total. The van der Waals surface area contributed by atoms with Gasteiger partial charge in [-0.2, -0.15) is 0 Å². The highest BCUT2D eigenvalue weighted by Crippen LogP contribution is 2.31. The Morgan fingerprint density at radius 3 is 2.57 bits per heavy atom. The van der Waals surface area contributed by atoms with Gasteiger partial charge >= 0.3 is 0 Å². The average molecular weight is 281 g/mol. The van der Waals surface area contributed by atoms with Crippen LogP contribution in [0.15, 0.2) is 42.5 Å². The van der Waals surface area contributed by atoms with Crippen LogP contribution >= 0.6 is 0 Å². The van der Waals surface area contributed by atoms with E-state index >= 15 is 0 Å². The summed E-state index contributed by atoms with van der Waals surface area (Å²) in [6.07, 6.45) is 5.73. The Kier molecular flexibility index (Phi) is 4.23. The Morgan fingerprint density at radius 1 is 1.10 bits per heavy atom. The fraction of sp³-hybridized carbons (Fsp3) is 0.421. The summed E-state index contributed by atoms with van der Waals surface area (Å²) in [4.78, 5) is 14.7. The van der Waals surface area contributed by atoms with Crippen molar-refractivity contribution in [1.82, 2.24) is 0 Å². The molecule has 110 valence electrons. The molecule has 21 heavy (non-hydrogen) atoms. The van der Waals surface area contributed by atoms with Crippen molar-refractivity contribution in [2.75, 3.05) is 11.4 Å². The first-order valence-corrected chi connectivity index (χ1v) is 8.07. The molecule has 0 radical (unpaired) electrons. The van der Waals surface area contributed by atoms with Gasteiger partial charge in [-0.15, -0.1) is 0 Å². The molecule has 1 aliphatic rings. The second-order valence-electron chi connectivity index (χ2n) is 5.99. The predicted molar refractivity (Wildman–Crippen MR) is 88.6 cm³/mol. The predicted octanol–water partition coefficient (Wildman–Crippen LogP) is 4.77. The molecule has 0 atom stereocenters. The van der Waals surface area contributed by atoms with Crippen molar-refractivity contribution in [2.45, 2.75) is 39.0 Å². The number of hydrogen-bond acceptors (Lipinski definition) is 1. The van der Waals surface area contributed by atoms with Gasteiger partial charge in [0.05, 0.1) is 5.69 Å². The van der Waals surface area contributed by atoms with Gasteiger partial charge in [-0.05, 0) is 37.1 Å². The third kappa shape index (κ3) is 2.94. The molecule has 0 spiro atoms. The molecule has 1 amide bonds. The van der Waals surface area contributed by atoms with Gasteiger partial charge in [-0.3, -0.25) is 4.79 Å². The minimum Gasteiger partial charge on any atom is -0.312 e. The van der Waals surface area contributed by atoms with E-state index in [-0.39, 0.29) is 5.91 Å². The van der Waals surface area contributed by atoms with Crippen LogP contribution in [0.5, 0.6) is 0 Å². The summed E-state index contributed by atoms with van der Waals surface area (Å²) in [6.45, 7) is 2.80. The van der Waals surface area contributed by atoms with Crippen LogP contribution in [-0.4, -0.2) is 12.5 Å². The van der Waals surface area contributed by atoms with E-state index in [1.54, 1.807) is 0 Å². The lowest BCUT2D eigenvalue weighted by Crippen LogP contribution is -2.31. The summed E-state index contributed by atoms with van der Waals surface area (Å²) >= 11 is 0. The number of rotatable bonds is 4. The van der Waals surface area contributed by atoms with Crippen molar-refractivity contribution in [2.24, 2.45) is 5.92 Å². The molecule has 1 fully saturated rings. The SMILES string of the molecule is CCN(C(=O)CC1CCCC1)c1cccc2ccccc12. The normalized spacial score (nSPS) is 15.5. The quantitative estimate of drug-likeness (QED) is 0.790. The van der Waals surface area contributed by atoms with Gasteiger partial charge in [0.2, 0.25) is 5.91 Å². The molecule has 0 bridgehead atoms. The summed E-state index contributed by atoms with van der Waals surface area (Å²) in [5.41, 5.74) is 1.05. The lowest BCUT2D eigenvalue weighted by Gasteiger charge is -2.24. The molecule has 2 aromatic rings. The van der Waals surface area contributed by atoms with E-state index in [1.165, 1.54) is 36.5 Å². The molecule has 2 aromatic carbocycles. The van der Waals surface area contributed by atoms with E-state index in [1.807, 2.05) is 23.1 Å². The summed E-state index contributed by atoms with van der Waals surface area (Å²) in [5.74, 6) is 0.877. The zero-order valence-electron chi connectivity index (χ0n) is 12.7. The number of benzene rings is 2. The molecule has 0 aromatic heterocycles. The van der Waals surface area contributed by atoms with E-state index < -0.39 is 0 Å². The van der Waals surface area contributed by atoms with Crippen LogP contribution in [0.1, 0.15) is 39.0 Å². The number of nitrogens with zero attached hydrogens (tertiary/aromatic N) is 1. The van der Waals surface area contributed by atoms with E-state index in [2.05, 4.69) is 31.2 Å². The number of fused-ring (bicyclic) bond motifs is 1. The highest BCUT2D eigenvalue weighted by molar-refractivity contribution is 6.03. The Bertz CT molecular complexity index is 623. The number of carbonyl (C=O) groups excluding carboxylic acids is 1. The van der Waals surface area contributed by atoms with E-state index in [0.29, 0.717) is 12.3 Å². The van der Waals surface area contributed by atoms with Crippen molar-refractivity contribution < 1.29 is 4.79 Å². The highest BCUT2D eigenvalue weighted by atomic mass is 16.2. The minimum atomic E-state index is 0.278. The fourth-order valence-electron chi connectivity index (χ4n) is 3.50. The maximum Gasteiger partial charge on any atom is 0.227 e. The monoisotopic (exact) mass is 281 g/mol. The van der Waals surface area contributed by atoms with Gasteiger partial charge in [-0.1, -0.05) is 49.2 Å². The van der Waals surface area contributed by atoms with Crippen LogP contribution in [0, 0.1) is 5.92 Å². The van der Waals surface area contributed by atoms with Crippen molar-refractivity contribution in [3.63, 3.8) is 0 Å². The maximum absolute atomic E-state index is 12.7. The molecule has 2 nitrogen and oxygen atoms in total. The molecule has 0 unspecified atom stereocenters. The molecular weight excluding hydrogens is 258 g/mol. The van der Waals surface area contributed by atoms with Gasteiger partial charge in [0, 0.05) is 18.4 Å². The van der Waals surface area contributed by atoms with Gasteiger partial charge in [0.15, 0.2) is 0 Å². The second kappa shape index (κ2) is 6.30. The van der Waals surface area contributed by atoms with Gasteiger partial charge < -0.3 is 4.90 Å². The van der Waals surface area contributed by atoms with E-state index in [9.17, 15) is 4.79 Å². The van der Waals surface area contributed by atoms with Crippen LogP contribution in [0.3, 0.4) is 0 Å². The third-order valence-corrected chi connectivity index (χ3v) is 4.61. The van der Waals surface area contributed by atoms with Gasteiger partial charge in [0.25, 0.3) is 0 Å². The second-order valence-corrected chi connectivity index (χ2v) is 5.99. The Hall–Kier alpha value is -1.83. The standard InChI is InChI=1S/C19H23NO/c1-2-20(19(21)14-15-8-3-4-9-15)18-13-7-11-16-10-5-6-12-17(16)18/h5-7,10-13,15H,2-4,8-9,14H2,1H3. The summed E-state index contributed by atoms with van der Waals surface area (Å²) < 4.78 is 0. The Labute approximate surface area is 126 Å². The van der Waals surface area contributed by atoms with Crippen molar-refractivity contribution in [3.05, 3.63) is 42.5 Å². The van der Waals surface area contributed by atoms with Crippen LogP contribution < -0.4 is 4.90 Å². The number of amides is 1. The van der Waals surface area contributed by atoms with Crippen LogP contribution in [0.2, 0.25) is 0 Å². The first kappa shape index (κ1) is 14.1.